The molecule has 1 aromatic carbocycles. The Morgan fingerprint density at radius 1 is 1.29 bits per heavy atom. The molecule has 1 heterocycles. The molecule has 1 saturated heterocycles. The Labute approximate surface area is 128 Å². The van der Waals surface area contributed by atoms with Gasteiger partial charge < -0.3 is 9.80 Å². The second-order valence-electron chi connectivity index (χ2n) is 5.86. The lowest BCUT2D eigenvalue weighted by Crippen LogP contribution is -2.38. The van der Waals surface area contributed by atoms with Crippen LogP contribution in [0.15, 0.2) is 24.3 Å². The van der Waals surface area contributed by atoms with Crippen molar-refractivity contribution in [3.63, 3.8) is 0 Å². The molecule has 0 radical (unpaired) electrons. The van der Waals surface area contributed by atoms with Gasteiger partial charge in [0.2, 0.25) is 0 Å². The summed E-state index contributed by atoms with van der Waals surface area (Å²) in [5.74, 6) is 0.161. The molecule has 0 N–H and O–H groups in total. The number of amides is 1. The smallest absolute Gasteiger partial charge is 0.253 e. The van der Waals surface area contributed by atoms with E-state index in [0.29, 0.717) is 6.04 Å². The normalized spacial score (nSPS) is 18.3. The number of hydrogen-bond donors (Lipinski definition) is 0. The molecule has 21 heavy (non-hydrogen) atoms. The van der Waals surface area contributed by atoms with Gasteiger partial charge in [-0.2, -0.15) is 0 Å². The Morgan fingerprint density at radius 2 is 2.00 bits per heavy atom. The van der Waals surface area contributed by atoms with Crippen LogP contribution in [0.4, 0.5) is 5.69 Å². The minimum absolute atomic E-state index is 0.161. The quantitative estimate of drug-likeness (QED) is 0.832. The number of likely N-dealkylation sites (N-methyl/N-ethyl adjacent to an activating group) is 1. The highest BCUT2D eigenvalue weighted by molar-refractivity contribution is 5.95. The number of anilines is 1. The molecule has 0 saturated carbocycles. The number of carbonyl (C=O) groups is 1. The van der Waals surface area contributed by atoms with Gasteiger partial charge in [-0.05, 0) is 37.7 Å². The number of benzene rings is 1. The zero-order valence-corrected chi connectivity index (χ0v) is 13.7. The fourth-order valence-corrected chi connectivity index (χ4v) is 3.06. The third kappa shape index (κ3) is 3.56. The van der Waals surface area contributed by atoms with Gasteiger partial charge in [0, 0.05) is 44.5 Å². The van der Waals surface area contributed by atoms with Crippen LogP contribution in [0.5, 0.6) is 0 Å². The predicted molar refractivity (Wildman–Crippen MR) is 88.0 cm³/mol. The van der Waals surface area contributed by atoms with Crippen molar-refractivity contribution >= 4 is 11.6 Å². The summed E-state index contributed by atoms with van der Waals surface area (Å²) in [6, 6.07) is 8.40. The summed E-state index contributed by atoms with van der Waals surface area (Å²) in [7, 11) is 3.99. The molecule has 1 unspecified atom stereocenters. The average Bonchev–Trinajstić information content (AvgIpc) is 2.97. The molecule has 1 fully saturated rings. The van der Waals surface area contributed by atoms with E-state index in [1.54, 1.807) is 0 Å². The summed E-state index contributed by atoms with van der Waals surface area (Å²) in [5, 5.41) is 0. The second-order valence-corrected chi connectivity index (χ2v) is 5.86. The van der Waals surface area contributed by atoms with Crippen LogP contribution in [0, 0.1) is 0 Å². The summed E-state index contributed by atoms with van der Waals surface area (Å²) in [6.45, 7) is 8.21. The van der Waals surface area contributed by atoms with E-state index in [9.17, 15) is 4.79 Å². The van der Waals surface area contributed by atoms with Crippen LogP contribution in [-0.2, 0) is 0 Å². The van der Waals surface area contributed by atoms with Crippen LogP contribution in [0.2, 0.25) is 0 Å². The van der Waals surface area contributed by atoms with Crippen LogP contribution in [0.25, 0.3) is 0 Å². The van der Waals surface area contributed by atoms with E-state index < -0.39 is 0 Å². The van der Waals surface area contributed by atoms with E-state index >= 15 is 0 Å². The Kier molecular flexibility index (Phi) is 5.23. The molecular formula is C17H27N3O. The molecule has 1 aliphatic rings. The Balaban J connectivity index is 2.06. The van der Waals surface area contributed by atoms with E-state index in [1.165, 1.54) is 0 Å². The maximum Gasteiger partial charge on any atom is 0.253 e. The minimum Gasteiger partial charge on any atom is -0.378 e. The van der Waals surface area contributed by atoms with Crippen LogP contribution < -0.4 is 4.90 Å². The second kappa shape index (κ2) is 6.94. The van der Waals surface area contributed by atoms with Gasteiger partial charge in [-0.1, -0.05) is 19.9 Å². The van der Waals surface area contributed by atoms with Crippen molar-refractivity contribution in [2.45, 2.75) is 26.3 Å². The largest absolute Gasteiger partial charge is 0.378 e. The summed E-state index contributed by atoms with van der Waals surface area (Å²) in [6.07, 6.45) is 1.08. The fourth-order valence-electron chi connectivity index (χ4n) is 3.06. The van der Waals surface area contributed by atoms with Crippen molar-refractivity contribution in [2.24, 2.45) is 0 Å². The number of rotatable bonds is 5. The van der Waals surface area contributed by atoms with Crippen molar-refractivity contribution in [2.75, 3.05) is 45.2 Å². The third-order valence-corrected chi connectivity index (χ3v) is 4.39. The van der Waals surface area contributed by atoms with Crippen molar-refractivity contribution in [1.29, 1.82) is 0 Å². The van der Waals surface area contributed by atoms with Gasteiger partial charge in [0.1, 0.15) is 0 Å². The Morgan fingerprint density at radius 3 is 2.62 bits per heavy atom. The van der Waals surface area contributed by atoms with E-state index in [2.05, 4.69) is 18.7 Å². The van der Waals surface area contributed by atoms with Crippen molar-refractivity contribution in [3.05, 3.63) is 29.8 Å². The van der Waals surface area contributed by atoms with Crippen LogP contribution in [0.3, 0.4) is 0 Å². The first kappa shape index (κ1) is 15.8. The molecule has 4 heteroatoms. The number of carbonyl (C=O) groups excluding carboxylic acids is 1. The summed E-state index contributed by atoms with van der Waals surface area (Å²) >= 11 is 0. The maximum absolute atomic E-state index is 12.7. The minimum atomic E-state index is 0.161. The lowest BCUT2D eigenvalue weighted by molar-refractivity contribution is 0.0778. The Bertz CT molecular complexity index is 483. The molecule has 1 atom stereocenters. The molecule has 0 bridgehead atoms. The first-order valence-corrected chi connectivity index (χ1v) is 7.87. The Hall–Kier alpha value is -1.55. The van der Waals surface area contributed by atoms with E-state index in [4.69, 9.17) is 0 Å². The zero-order chi connectivity index (χ0) is 15.4. The van der Waals surface area contributed by atoms with Gasteiger partial charge in [-0.3, -0.25) is 9.69 Å². The molecule has 1 amide bonds. The first-order valence-electron chi connectivity index (χ1n) is 7.87. The zero-order valence-electron chi connectivity index (χ0n) is 13.7. The number of likely N-dealkylation sites (tertiary alicyclic amines) is 1. The lowest BCUT2D eigenvalue weighted by atomic mass is 10.1. The molecule has 4 nitrogen and oxygen atoms in total. The van der Waals surface area contributed by atoms with Gasteiger partial charge >= 0.3 is 0 Å². The fraction of sp³-hybridized carbons (Fsp3) is 0.588. The maximum atomic E-state index is 12.7. The average molecular weight is 289 g/mol. The lowest BCUT2D eigenvalue weighted by Gasteiger charge is -2.26. The highest BCUT2D eigenvalue weighted by atomic mass is 16.2. The van der Waals surface area contributed by atoms with Crippen molar-refractivity contribution < 1.29 is 4.79 Å². The number of hydrogen-bond acceptors (Lipinski definition) is 3. The van der Waals surface area contributed by atoms with Gasteiger partial charge in [0.05, 0.1) is 0 Å². The van der Waals surface area contributed by atoms with Gasteiger partial charge in [0.25, 0.3) is 5.91 Å². The molecule has 1 aliphatic heterocycles. The molecule has 0 spiro atoms. The highest BCUT2D eigenvalue weighted by Crippen LogP contribution is 2.20. The summed E-state index contributed by atoms with van der Waals surface area (Å²) in [5.41, 5.74) is 1.86. The van der Waals surface area contributed by atoms with E-state index in [1.807, 2.05) is 48.2 Å². The highest BCUT2D eigenvalue weighted by Gasteiger charge is 2.29. The summed E-state index contributed by atoms with van der Waals surface area (Å²) < 4.78 is 0. The molecule has 0 aliphatic carbocycles. The monoisotopic (exact) mass is 289 g/mol. The van der Waals surface area contributed by atoms with Crippen LogP contribution in [-0.4, -0.2) is 62.0 Å². The molecule has 116 valence electrons. The molecule has 0 aromatic heterocycles. The van der Waals surface area contributed by atoms with Gasteiger partial charge in [-0.25, -0.2) is 0 Å². The molecular weight excluding hydrogens is 262 g/mol. The van der Waals surface area contributed by atoms with E-state index in [0.717, 1.165) is 43.9 Å². The van der Waals surface area contributed by atoms with Gasteiger partial charge in [-0.15, -0.1) is 0 Å². The summed E-state index contributed by atoms with van der Waals surface area (Å²) in [4.78, 5) is 19.1. The van der Waals surface area contributed by atoms with Crippen LogP contribution >= 0.6 is 0 Å². The molecule has 1 aromatic rings. The first-order chi connectivity index (χ1) is 10.1. The van der Waals surface area contributed by atoms with Gasteiger partial charge in [0.15, 0.2) is 0 Å². The molecule has 2 rings (SSSR count). The number of nitrogens with zero attached hydrogens (tertiary/aromatic N) is 3. The topological polar surface area (TPSA) is 26.8 Å². The standard InChI is InChI=1S/C17H27N3O/c1-5-19(6-2)16-10-11-20(13-16)17(21)14-8-7-9-15(12-14)18(3)4/h7-9,12,16H,5-6,10-11,13H2,1-4H3. The van der Waals surface area contributed by atoms with Crippen molar-refractivity contribution in [1.82, 2.24) is 9.80 Å². The predicted octanol–water partition coefficient (Wildman–Crippen LogP) is 2.31. The third-order valence-electron chi connectivity index (χ3n) is 4.39. The SMILES string of the molecule is CCN(CC)C1CCN(C(=O)c2cccc(N(C)C)c2)C1. The van der Waals surface area contributed by atoms with Crippen molar-refractivity contribution in [3.8, 4) is 0 Å². The van der Waals surface area contributed by atoms with Crippen LogP contribution in [0.1, 0.15) is 30.6 Å². The van der Waals surface area contributed by atoms with E-state index in [-0.39, 0.29) is 5.91 Å².